The fraction of sp³-hybridized carbons (Fsp3) is 0.238. The summed E-state index contributed by atoms with van der Waals surface area (Å²) in [7, 11) is 0. The molecule has 26 heavy (non-hydrogen) atoms. The van der Waals surface area contributed by atoms with Gasteiger partial charge in [0.2, 0.25) is 6.10 Å². The molecule has 2 aromatic carbocycles. The average Bonchev–Trinajstić information content (AvgIpc) is 2.62. The molecule has 0 aliphatic carbocycles. The molecule has 1 aromatic heterocycles. The Labute approximate surface area is 150 Å². The lowest BCUT2D eigenvalue weighted by Gasteiger charge is -2.18. The highest BCUT2D eigenvalue weighted by Crippen LogP contribution is 2.32. The minimum atomic E-state index is -1.14. The van der Waals surface area contributed by atoms with Crippen LogP contribution in [0.4, 0.5) is 0 Å². The van der Waals surface area contributed by atoms with E-state index in [-0.39, 0.29) is 0 Å². The van der Waals surface area contributed by atoms with E-state index in [2.05, 4.69) is 0 Å². The Bertz CT molecular complexity index is 988. The number of hydrogen-bond acceptors (Lipinski definition) is 4. The Balaban J connectivity index is 2.07. The number of carboxylic acid groups (broad SMARTS) is 1. The van der Waals surface area contributed by atoms with E-state index in [9.17, 15) is 14.7 Å². The Hall–Kier alpha value is -3.08. The van der Waals surface area contributed by atoms with Gasteiger partial charge in [-0.15, -0.1) is 0 Å². The molecule has 0 fully saturated rings. The molecule has 0 saturated heterocycles. The topological polar surface area (TPSA) is 76.7 Å². The van der Waals surface area contributed by atoms with E-state index in [0.717, 1.165) is 23.8 Å². The number of aryl methyl sites for hydroxylation is 2. The van der Waals surface area contributed by atoms with Crippen molar-refractivity contribution < 1.29 is 19.1 Å². The predicted octanol–water partition coefficient (Wildman–Crippen LogP) is 4.26. The van der Waals surface area contributed by atoms with Gasteiger partial charge in [-0.25, -0.2) is 9.59 Å². The fourth-order valence-electron chi connectivity index (χ4n) is 3.03. The van der Waals surface area contributed by atoms with Gasteiger partial charge >= 0.3 is 11.6 Å². The lowest BCUT2D eigenvalue weighted by Crippen LogP contribution is -2.18. The lowest BCUT2D eigenvalue weighted by atomic mass is 10.0. The Morgan fingerprint density at radius 1 is 1.19 bits per heavy atom. The van der Waals surface area contributed by atoms with Crippen LogP contribution in [-0.4, -0.2) is 11.1 Å². The summed E-state index contributed by atoms with van der Waals surface area (Å²) in [6, 6.07) is 13.8. The van der Waals surface area contributed by atoms with Crippen LogP contribution < -0.4 is 10.4 Å². The van der Waals surface area contributed by atoms with Gasteiger partial charge in [0.25, 0.3) is 0 Å². The molecule has 1 heterocycles. The van der Waals surface area contributed by atoms with Crippen molar-refractivity contribution in [1.82, 2.24) is 0 Å². The third-order valence-electron chi connectivity index (χ3n) is 4.29. The quantitative estimate of drug-likeness (QED) is 0.671. The Kier molecular flexibility index (Phi) is 5.07. The molecule has 0 bridgehead atoms. The summed E-state index contributed by atoms with van der Waals surface area (Å²) in [5.41, 5.74) is 2.10. The second-order valence-electron chi connectivity index (χ2n) is 6.15. The highest BCUT2D eigenvalue weighted by Gasteiger charge is 2.23. The van der Waals surface area contributed by atoms with E-state index in [1.54, 1.807) is 37.3 Å². The van der Waals surface area contributed by atoms with Crippen molar-refractivity contribution in [2.75, 3.05) is 0 Å². The van der Waals surface area contributed by atoms with E-state index < -0.39 is 17.7 Å². The second-order valence-corrected chi connectivity index (χ2v) is 6.15. The van der Waals surface area contributed by atoms with E-state index in [4.69, 9.17) is 9.15 Å². The number of carboxylic acids is 1. The molecule has 0 aliphatic rings. The largest absolute Gasteiger partial charge is 0.478 e. The molecule has 3 rings (SSSR count). The molecule has 0 aliphatic heterocycles. The van der Waals surface area contributed by atoms with Gasteiger partial charge in [0, 0.05) is 22.6 Å². The van der Waals surface area contributed by atoms with E-state index in [1.165, 1.54) is 6.07 Å². The van der Waals surface area contributed by atoms with Crippen molar-refractivity contribution in [3.63, 3.8) is 0 Å². The zero-order chi connectivity index (χ0) is 18.7. The van der Waals surface area contributed by atoms with Crippen LogP contribution in [0.1, 0.15) is 36.1 Å². The maximum atomic E-state index is 11.9. The van der Waals surface area contributed by atoms with Gasteiger partial charge in [-0.3, -0.25) is 0 Å². The van der Waals surface area contributed by atoms with Gasteiger partial charge < -0.3 is 14.3 Å². The maximum Gasteiger partial charge on any atom is 0.349 e. The van der Waals surface area contributed by atoms with Crippen LogP contribution in [0.5, 0.6) is 5.75 Å². The summed E-state index contributed by atoms with van der Waals surface area (Å²) in [5, 5.41) is 10.4. The summed E-state index contributed by atoms with van der Waals surface area (Å²) >= 11 is 0. The molecular weight excluding hydrogens is 332 g/mol. The first-order chi connectivity index (χ1) is 12.5. The zero-order valence-electron chi connectivity index (χ0n) is 14.7. The number of benzene rings is 2. The summed E-state index contributed by atoms with van der Waals surface area (Å²) in [6.45, 7) is 3.81. The Morgan fingerprint density at radius 3 is 2.58 bits per heavy atom. The first-order valence-electron chi connectivity index (χ1n) is 8.52. The zero-order valence-corrected chi connectivity index (χ0v) is 14.7. The molecule has 5 heteroatoms. The predicted molar refractivity (Wildman–Crippen MR) is 98.7 cm³/mol. The smallest absolute Gasteiger partial charge is 0.349 e. The van der Waals surface area contributed by atoms with Crippen LogP contribution >= 0.6 is 0 Å². The average molecular weight is 352 g/mol. The molecule has 0 unspecified atom stereocenters. The van der Waals surface area contributed by atoms with E-state index in [0.29, 0.717) is 22.5 Å². The van der Waals surface area contributed by atoms with Gasteiger partial charge in [-0.05, 0) is 31.0 Å². The van der Waals surface area contributed by atoms with Gasteiger partial charge in [0.15, 0.2) is 0 Å². The van der Waals surface area contributed by atoms with Crippen LogP contribution in [0.25, 0.3) is 11.0 Å². The van der Waals surface area contributed by atoms with Crippen molar-refractivity contribution in [2.24, 2.45) is 0 Å². The number of ether oxygens (including phenoxy) is 1. The van der Waals surface area contributed by atoms with Crippen molar-refractivity contribution >= 4 is 16.9 Å². The number of hydrogen-bond donors (Lipinski definition) is 1. The summed E-state index contributed by atoms with van der Waals surface area (Å²) in [5.74, 6) is -0.706. The number of rotatable bonds is 6. The Morgan fingerprint density at radius 2 is 1.92 bits per heavy atom. The maximum absolute atomic E-state index is 11.9. The molecule has 0 spiro atoms. The molecule has 0 radical (unpaired) electrons. The molecule has 134 valence electrons. The van der Waals surface area contributed by atoms with E-state index in [1.807, 2.05) is 19.1 Å². The highest BCUT2D eigenvalue weighted by atomic mass is 16.5. The summed E-state index contributed by atoms with van der Waals surface area (Å²) in [6.07, 6.45) is 0.534. The summed E-state index contributed by atoms with van der Waals surface area (Å²) < 4.78 is 11.2. The fourth-order valence-corrected chi connectivity index (χ4v) is 3.03. The van der Waals surface area contributed by atoms with Crippen LogP contribution in [0, 0.1) is 6.92 Å². The third kappa shape index (κ3) is 3.47. The number of carbonyl (C=O) groups is 1. The molecule has 1 N–H and O–H groups in total. The molecule has 3 aromatic rings. The van der Waals surface area contributed by atoms with Crippen LogP contribution in [0.2, 0.25) is 0 Å². The second kappa shape index (κ2) is 7.44. The minimum absolute atomic E-state index is 0.380. The molecular formula is C21H20O5. The van der Waals surface area contributed by atoms with Gasteiger partial charge in [0.05, 0.1) is 0 Å². The van der Waals surface area contributed by atoms with Crippen LogP contribution in [0.3, 0.4) is 0 Å². The lowest BCUT2D eigenvalue weighted by molar-refractivity contribution is -0.145. The molecule has 5 nitrogen and oxygen atoms in total. The number of fused-ring (bicyclic) bond motifs is 1. The normalized spacial score (nSPS) is 12.1. The van der Waals surface area contributed by atoms with Crippen molar-refractivity contribution in [1.29, 1.82) is 0 Å². The highest BCUT2D eigenvalue weighted by molar-refractivity contribution is 5.85. The van der Waals surface area contributed by atoms with Crippen molar-refractivity contribution in [3.05, 3.63) is 75.6 Å². The number of aliphatic carboxylic acids is 1. The molecule has 0 saturated carbocycles. The van der Waals surface area contributed by atoms with Crippen LogP contribution in [0.15, 0.2) is 57.7 Å². The van der Waals surface area contributed by atoms with Gasteiger partial charge in [0.1, 0.15) is 11.3 Å². The first-order valence-corrected chi connectivity index (χ1v) is 8.52. The first kappa shape index (κ1) is 17.7. The standard InChI is InChI=1S/C21H20O5/c1-3-7-15-12-18(22)26-19-13(2)17(11-10-16(15)19)25-20(21(23)24)14-8-5-4-6-9-14/h4-6,8-12,20H,3,7H2,1-2H3,(H,23,24)/t20-/m1/s1. The van der Waals surface area contributed by atoms with Crippen LogP contribution in [-0.2, 0) is 11.2 Å². The molecule has 0 amide bonds. The minimum Gasteiger partial charge on any atom is -0.478 e. The van der Waals surface area contributed by atoms with Gasteiger partial charge in [-0.1, -0.05) is 43.7 Å². The van der Waals surface area contributed by atoms with E-state index >= 15 is 0 Å². The van der Waals surface area contributed by atoms with Gasteiger partial charge in [-0.2, -0.15) is 0 Å². The van der Waals surface area contributed by atoms with Crippen molar-refractivity contribution in [3.8, 4) is 5.75 Å². The monoisotopic (exact) mass is 352 g/mol. The molecule has 1 atom stereocenters. The van der Waals surface area contributed by atoms with Crippen molar-refractivity contribution in [2.45, 2.75) is 32.8 Å². The summed E-state index contributed by atoms with van der Waals surface area (Å²) in [4.78, 5) is 23.6. The SMILES string of the molecule is CCCc1cc(=O)oc2c(C)c(O[C@@H](C(=O)O)c3ccccc3)ccc12. The third-order valence-corrected chi connectivity index (χ3v) is 4.29.